The van der Waals surface area contributed by atoms with Gasteiger partial charge in [0.1, 0.15) is 5.82 Å². The third kappa shape index (κ3) is 2.08. The molecule has 0 aliphatic heterocycles. The Bertz CT molecular complexity index is 657. The lowest BCUT2D eigenvalue weighted by Crippen LogP contribution is -2.06. The lowest BCUT2D eigenvalue weighted by Gasteiger charge is -2.14. The molecule has 1 aromatic carbocycles. The van der Waals surface area contributed by atoms with Crippen molar-refractivity contribution in [2.75, 3.05) is 0 Å². The van der Waals surface area contributed by atoms with Gasteiger partial charge in [-0.05, 0) is 37.5 Å². The summed E-state index contributed by atoms with van der Waals surface area (Å²) >= 11 is 11.1. The van der Waals surface area contributed by atoms with Gasteiger partial charge in [-0.1, -0.05) is 24.4 Å². The number of halogens is 2. The zero-order chi connectivity index (χ0) is 12.9. The molecule has 1 aliphatic rings. The predicted octanol–water partition coefficient (Wildman–Crippen LogP) is 4.85. The van der Waals surface area contributed by atoms with Crippen LogP contribution in [0.15, 0.2) is 12.1 Å². The molecule has 1 saturated carbocycles. The van der Waals surface area contributed by atoms with Crippen LogP contribution < -0.4 is 0 Å². The van der Waals surface area contributed by atoms with Crippen molar-refractivity contribution in [2.24, 2.45) is 5.92 Å². The Labute approximate surface area is 115 Å². The number of fused-ring (bicyclic) bond motifs is 1. The number of hydrogen-bond donors (Lipinski definition) is 1. The number of nitrogens with zero attached hydrogens (tertiary/aromatic N) is 1. The van der Waals surface area contributed by atoms with E-state index in [4.69, 9.17) is 23.8 Å². The van der Waals surface area contributed by atoms with Gasteiger partial charge < -0.3 is 9.55 Å². The molecule has 0 amide bonds. The maximum Gasteiger partial charge on any atom is 0.178 e. The number of hydrogen-bond acceptors (Lipinski definition) is 1. The van der Waals surface area contributed by atoms with E-state index in [0.717, 1.165) is 23.4 Å². The third-order valence-electron chi connectivity index (χ3n) is 3.57. The average Bonchev–Trinajstić information content (AvgIpc) is 3.03. The van der Waals surface area contributed by atoms with E-state index in [1.165, 1.54) is 18.9 Å². The molecule has 96 valence electrons. The Kier molecular flexibility index (Phi) is 2.94. The smallest absolute Gasteiger partial charge is 0.178 e. The van der Waals surface area contributed by atoms with Crippen molar-refractivity contribution in [3.05, 3.63) is 27.7 Å². The van der Waals surface area contributed by atoms with Crippen LogP contribution in [0.4, 0.5) is 4.39 Å². The van der Waals surface area contributed by atoms with Crippen molar-refractivity contribution >= 4 is 34.9 Å². The van der Waals surface area contributed by atoms with Gasteiger partial charge in [-0.3, -0.25) is 0 Å². The maximum atomic E-state index is 13.6. The molecule has 18 heavy (non-hydrogen) atoms. The molecule has 0 saturated heterocycles. The number of nitrogens with one attached hydrogen (secondary N) is 1. The number of aromatic amines is 1. The number of aromatic nitrogens is 2. The predicted molar refractivity (Wildman–Crippen MR) is 74.1 cm³/mol. The van der Waals surface area contributed by atoms with E-state index in [9.17, 15) is 4.39 Å². The van der Waals surface area contributed by atoms with Crippen molar-refractivity contribution < 1.29 is 4.39 Å². The summed E-state index contributed by atoms with van der Waals surface area (Å²) in [6.45, 7) is 2.13. The van der Waals surface area contributed by atoms with Gasteiger partial charge in [0, 0.05) is 12.1 Å². The molecule has 0 spiro atoms. The Balaban J connectivity index is 2.11. The zero-order valence-corrected chi connectivity index (χ0v) is 11.6. The van der Waals surface area contributed by atoms with Crippen molar-refractivity contribution in [3.8, 4) is 0 Å². The minimum atomic E-state index is -0.398. The average molecular weight is 285 g/mol. The lowest BCUT2D eigenvalue weighted by molar-refractivity contribution is 0.482. The van der Waals surface area contributed by atoms with Crippen LogP contribution in [-0.2, 0) is 0 Å². The van der Waals surface area contributed by atoms with Crippen molar-refractivity contribution in [1.82, 2.24) is 9.55 Å². The molecule has 0 radical (unpaired) electrons. The van der Waals surface area contributed by atoms with E-state index in [2.05, 4.69) is 11.9 Å². The molecule has 1 aromatic heterocycles. The van der Waals surface area contributed by atoms with Crippen LogP contribution in [-0.4, -0.2) is 9.55 Å². The van der Waals surface area contributed by atoms with Crippen LogP contribution in [0.5, 0.6) is 0 Å². The van der Waals surface area contributed by atoms with E-state index in [1.54, 1.807) is 6.07 Å². The van der Waals surface area contributed by atoms with Crippen molar-refractivity contribution in [3.63, 3.8) is 0 Å². The molecule has 2 nitrogen and oxygen atoms in total. The van der Waals surface area contributed by atoms with Gasteiger partial charge in [0.2, 0.25) is 0 Å². The molecule has 2 aromatic rings. The summed E-state index contributed by atoms with van der Waals surface area (Å²) in [5.74, 6) is 0.412. The first-order valence-corrected chi connectivity index (χ1v) is 6.94. The van der Waals surface area contributed by atoms with E-state index in [1.807, 2.05) is 4.57 Å². The molecule has 1 N–H and O–H groups in total. The molecule has 1 fully saturated rings. The third-order valence-corrected chi connectivity index (χ3v) is 4.16. The Hall–Kier alpha value is -0.870. The SMILES string of the molecule is CC(CC1CC1)n1c(=S)[nH]c2cc(Cl)c(F)cc21. The summed E-state index contributed by atoms with van der Waals surface area (Å²) in [5, 5.41) is 0.126. The fraction of sp³-hybridized carbons (Fsp3) is 0.462. The lowest BCUT2D eigenvalue weighted by atomic mass is 10.1. The standard InChI is InChI=1S/C13H14ClFN2S/c1-7(4-8-2-3-8)17-12-6-10(15)9(14)5-11(12)16-13(17)18/h5-8H,2-4H2,1H3,(H,16,18). The highest BCUT2D eigenvalue weighted by Gasteiger charge is 2.25. The highest BCUT2D eigenvalue weighted by molar-refractivity contribution is 7.71. The zero-order valence-electron chi connectivity index (χ0n) is 10.0. The molecule has 0 bridgehead atoms. The van der Waals surface area contributed by atoms with Gasteiger partial charge in [0.15, 0.2) is 4.77 Å². The van der Waals surface area contributed by atoms with Gasteiger partial charge >= 0.3 is 0 Å². The monoisotopic (exact) mass is 284 g/mol. The van der Waals surface area contributed by atoms with E-state index in [0.29, 0.717) is 10.8 Å². The van der Waals surface area contributed by atoms with Gasteiger partial charge in [0.25, 0.3) is 0 Å². The second-order valence-electron chi connectivity index (χ2n) is 5.11. The van der Waals surface area contributed by atoms with Gasteiger partial charge in [-0.2, -0.15) is 0 Å². The number of rotatable bonds is 3. The van der Waals surface area contributed by atoms with E-state index < -0.39 is 5.82 Å². The highest BCUT2D eigenvalue weighted by Crippen LogP contribution is 2.37. The van der Waals surface area contributed by atoms with Crippen LogP contribution in [0.1, 0.15) is 32.2 Å². The van der Waals surface area contributed by atoms with Crippen LogP contribution in [0.2, 0.25) is 5.02 Å². The molecule has 1 unspecified atom stereocenters. The summed E-state index contributed by atoms with van der Waals surface area (Å²) in [7, 11) is 0. The quantitative estimate of drug-likeness (QED) is 0.799. The van der Waals surface area contributed by atoms with Crippen LogP contribution >= 0.6 is 23.8 Å². The van der Waals surface area contributed by atoms with Crippen LogP contribution in [0, 0.1) is 16.5 Å². The Morgan fingerprint density at radius 1 is 1.56 bits per heavy atom. The first-order valence-electron chi connectivity index (χ1n) is 6.15. The molecule has 1 atom stereocenters. The first kappa shape index (κ1) is 12.2. The Morgan fingerprint density at radius 3 is 2.94 bits per heavy atom. The van der Waals surface area contributed by atoms with Gasteiger partial charge in [-0.25, -0.2) is 4.39 Å². The first-order chi connectivity index (χ1) is 8.56. The largest absolute Gasteiger partial charge is 0.331 e. The normalized spacial score (nSPS) is 17.3. The molecule has 5 heteroatoms. The topological polar surface area (TPSA) is 20.7 Å². The minimum absolute atomic E-state index is 0.126. The summed E-state index contributed by atoms with van der Waals surface area (Å²) in [6.07, 6.45) is 3.71. The summed E-state index contributed by atoms with van der Waals surface area (Å²) in [5.41, 5.74) is 1.60. The number of imidazole rings is 1. The van der Waals surface area contributed by atoms with E-state index >= 15 is 0 Å². The second-order valence-corrected chi connectivity index (χ2v) is 5.91. The second kappa shape index (κ2) is 4.35. The van der Waals surface area contributed by atoms with Crippen LogP contribution in [0.3, 0.4) is 0 Å². The summed E-state index contributed by atoms with van der Waals surface area (Å²) in [4.78, 5) is 3.10. The van der Waals surface area contributed by atoms with E-state index in [-0.39, 0.29) is 5.02 Å². The molecule has 1 heterocycles. The summed E-state index contributed by atoms with van der Waals surface area (Å²) in [6, 6.07) is 3.36. The van der Waals surface area contributed by atoms with Crippen molar-refractivity contribution in [2.45, 2.75) is 32.2 Å². The number of H-pyrrole nitrogens is 1. The highest BCUT2D eigenvalue weighted by atomic mass is 35.5. The molecular weight excluding hydrogens is 271 g/mol. The van der Waals surface area contributed by atoms with Crippen molar-refractivity contribution in [1.29, 1.82) is 0 Å². The number of benzene rings is 1. The van der Waals surface area contributed by atoms with Gasteiger partial charge in [-0.15, -0.1) is 0 Å². The fourth-order valence-electron chi connectivity index (χ4n) is 2.50. The molecule has 3 rings (SSSR count). The fourth-order valence-corrected chi connectivity index (χ4v) is 3.05. The van der Waals surface area contributed by atoms with Crippen LogP contribution in [0.25, 0.3) is 11.0 Å². The summed E-state index contributed by atoms with van der Waals surface area (Å²) < 4.78 is 16.2. The minimum Gasteiger partial charge on any atom is -0.331 e. The molecule has 1 aliphatic carbocycles. The maximum absolute atomic E-state index is 13.6. The molecular formula is C13H14ClFN2S. The van der Waals surface area contributed by atoms with Gasteiger partial charge in [0.05, 0.1) is 16.1 Å². The Morgan fingerprint density at radius 2 is 2.28 bits per heavy atom.